The van der Waals surface area contributed by atoms with E-state index >= 15 is 0 Å². The topological polar surface area (TPSA) is 129 Å². The molecule has 0 radical (unpaired) electrons. The number of aliphatic hydroxyl groups excluding tert-OH is 1. The lowest BCUT2D eigenvalue weighted by molar-refractivity contribution is 0.0390. The van der Waals surface area contributed by atoms with Gasteiger partial charge in [0.1, 0.15) is 5.82 Å². The first-order chi connectivity index (χ1) is 15.4. The van der Waals surface area contributed by atoms with Crippen LogP contribution in [0.1, 0.15) is 13.3 Å². The number of ether oxygens (including phenoxy) is 1. The van der Waals surface area contributed by atoms with E-state index in [4.69, 9.17) is 4.74 Å². The number of morpholine rings is 1. The zero-order valence-corrected chi connectivity index (χ0v) is 20.3. The van der Waals surface area contributed by atoms with Crippen molar-refractivity contribution in [3.05, 3.63) is 34.9 Å². The van der Waals surface area contributed by atoms with Crippen molar-refractivity contribution < 1.29 is 18.3 Å². The van der Waals surface area contributed by atoms with Crippen molar-refractivity contribution >= 4 is 43.4 Å². The smallest absolute Gasteiger partial charge is 0.240 e. The van der Waals surface area contributed by atoms with Gasteiger partial charge in [0.25, 0.3) is 0 Å². The third kappa shape index (κ3) is 7.09. The Morgan fingerprint density at radius 3 is 2.81 bits per heavy atom. The second-order valence-electron chi connectivity index (χ2n) is 7.33. The molecule has 0 amide bonds. The molecule has 1 aliphatic rings. The first-order valence-corrected chi connectivity index (χ1v) is 12.8. The van der Waals surface area contributed by atoms with Gasteiger partial charge in [-0.1, -0.05) is 13.0 Å². The Bertz CT molecular complexity index is 984. The monoisotopic (exact) mass is 528 g/mol. The zero-order valence-electron chi connectivity index (χ0n) is 17.9. The summed E-state index contributed by atoms with van der Waals surface area (Å²) in [5.41, 5.74) is 0.545. The van der Waals surface area contributed by atoms with Crippen molar-refractivity contribution in [2.75, 3.05) is 56.6 Å². The van der Waals surface area contributed by atoms with E-state index in [0.717, 1.165) is 19.5 Å². The molecule has 0 spiro atoms. The maximum Gasteiger partial charge on any atom is 0.240 e. The minimum Gasteiger partial charge on any atom is -0.394 e. The number of nitrogens with zero attached hydrogens (tertiary/aromatic N) is 3. The van der Waals surface area contributed by atoms with Crippen LogP contribution in [-0.4, -0.2) is 80.4 Å². The van der Waals surface area contributed by atoms with E-state index in [1.807, 2.05) is 6.92 Å². The van der Waals surface area contributed by atoms with E-state index in [-0.39, 0.29) is 17.5 Å². The van der Waals surface area contributed by atoms with Crippen LogP contribution in [0.15, 0.2) is 39.8 Å². The molecule has 1 aromatic heterocycles. The Labute approximate surface area is 197 Å². The second kappa shape index (κ2) is 11.9. The first kappa shape index (κ1) is 24.8. The average molecular weight is 529 g/mol. The molecule has 176 valence electrons. The van der Waals surface area contributed by atoms with Crippen LogP contribution in [0.5, 0.6) is 0 Å². The van der Waals surface area contributed by atoms with Crippen LogP contribution in [-0.2, 0) is 14.8 Å². The van der Waals surface area contributed by atoms with Crippen LogP contribution >= 0.6 is 15.9 Å². The number of hydrogen-bond donors (Lipinski definition) is 4. The number of anilines is 3. The second-order valence-corrected chi connectivity index (χ2v) is 9.95. The van der Waals surface area contributed by atoms with Gasteiger partial charge in [-0.15, -0.1) is 0 Å². The Morgan fingerprint density at radius 2 is 2.09 bits per heavy atom. The highest BCUT2D eigenvalue weighted by atomic mass is 79.9. The fourth-order valence-corrected chi connectivity index (χ4v) is 4.49. The minimum atomic E-state index is -3.65. The van der Waals surface area contributed by atoms with Crippen molar-refractivity contribution in [2.45, 2.75) is 24.3 Å². The molecule has 1 atom stereocenters. The van der Waals surface area contributed by atoms with Crippen LogP contribution in [0.25, 0.3) is 0 Å². The van der Waals surface area contributed by atoms with Crippen molar-refractivity contribution in [1.29, 1.82) is 0 Å². The number of nitrogens with one attached hydrogen (secondary N) is 3. The molecule has 10 nitrogen and oxygen atoms in total. The Morgan fingerprint density at radius 1 is 1.31 bits per heavy atom. The van der Waals surface area contributed by atoms with Crippen molar-refractivity contribution in [3.8, 4) is 0 Å². The third-order valence-corrected chi connectivity index (χ3v) is 7.06. The normalized spacial score (nSPS) is 16.0. The quantitative estimate of drug-likeness (QED) is 0.344. The predicted molar refractivity (Wildman–Crippen MR) is 127 cm³/mol. The summed E-state index contributed by atoms with van der Waals surface area (Å²) >= 11 is 3.40. The number of sulfonamides is 1. The summed E-state index contributed by atoms with van der Waals surface area (Å²) in [6.07, 6.45) is 2.32. The van der Waals surface area contributed by atoms with E-state index < -0.39 is 10.0 Å². The molecule has 2 heterocycles. The van der Waals surface area contributed by atoms with Gasteiger partial charge >= 0.3 is 0 Å². The predicted octanol–water partition coefficient (Wildman–Crippen LogP) is 1.78. The molecule has 2 aromatic rings. The van der Waals surface area contributed by atoms with Crippen LogP contribution in [0.3, 0.4) is 0 Å². The van der Waals surface area contributed by atoms with E-state index in [9.17, 15) is 13.5 Å². The molecule has 1 saturated heterocycles. The highest BCUT2D eigenvalue weighted by molar-refractivity contribution is 9.10. The van der Waals surface area contributed by atoms with Gasteiger partial charge in [-0.05, 0) is 40.5 Å². The van der Waals surface area contributed by atoms with E-state index in [1.165, 1.54) is 6.07 Å². The van der Waals surface area contributed by atoms with Crippen LogP contribution in [0, 0.1) is 0 Å². The van der Waals surface area contributed by atoms with Gasteiger partial charge in [-0.25, -0.2) is 18.1 Å². The number of benzene rings is 1. The van der Waals surface area contributed by atoms with E-state index in [2.05, 4.69) is 46.2 Å². The van der Waals surface area contributed by atoms with Crippen LogP contribution < -0.4 is 15.4 Å². The summed E-state index contributed by atoms with van der Waals surface area (Å²) in [6, 6.07) is 6.36. The fraction of sp³-hybridized carbons (Fsp3) is 0.500. The van der Waals surface area contributed by atoms with Crippen LogP contribution in [0.2, 0.25) is 0 Å². The molecule has 1 aliphatic heterocycles. The molecule has 0 bridgehead atoms. The average Bonchev–Trinajstić information content (AvgIpc) is 2.80. The van der Waals surface area contributed by atoms with Gasteiger partial charge < -0.3 is 20.5 Å². The third-order valence-electron chi connectivity index (χ3n) is 5.02. The summed E-state index contributed by atoms with van der Waals surface area (Å²) in [5, 5.41) is 15.6. The summed E-state index contributed by atoms with van der Waals surface area (Å²) in [6.45, 7) is 5.87. The molecular formula is C20H29BrN6O4S. The lowest BCUT2D eigenvalue weighted by atomic mass is 10.2. The maximum atomic E-state index is 12.7. The molecule has 0 unspecified atom stereocenters. The number of halogens is 1. The molecule has 1 fully saturated rings. The van der Waals surface area contributed by atoms with Gasteiger partial charge in [0.05, 0.1) is 35.2 Å². The van der Waals surface area contributed by atoms with Gasteiger partial charge in [0.15, 0.2) is 0 Å². The number of hydrogen-bond acceptors (Lipinski definition) is 9. The summed E-state index contributed by atoms with van der Waals surface area (Å²) in [4.78, 5) is 11.0. The number of aliphatic hydroxyl groups is 1. The first-order valence-electron chi connectivity index (χ1n) is 10.5. The van der Waals surface area contributed by atoms with Crippen molar-refractivity contribution in [3.63, 3.8) is 0 Å². The Balaban J connectivity index is 1.65. The molecule has 12 heteroatoms. The fourth-order valence-electron chi connectivity index (χ4n) is 3.12. The molecule has 32 heavy (non-hydrogen) atoms. The van der Waals surface area contributed by atoms with Crippen LogP contribution in [0.4, 0.5) is 17.5 Å². The number of rotatable bonds is 11. The molecule has 4 N–H and O–H groups in total. The lowest BCUT2D eigenvalue weighted by Gasteiger charge is -2.26. The lowest BCUT2D eigenvalue weighted by Crippen LogP contribution is -2.41. The van der Waals surface area contributed by atoms with Gasteiger partial charge in [0, 0.05) is 38.1 Å². The summed E-state index contributed by atoms with van der Waals surface area (Å²) < 4.78 is 34.0. The largest absolute Gasteiger partial charge is 0.394 e. The van der Waals surface area contributed by atoms with Crippen molar-refractivity contribution in [2.24, 2.45) is 0 Å². The highest BCUT2D eigenvalue weighted by Crippen LogP contribution is 2.24. The molecule has 1 aromatic carbocycles. The van der Waals surface area contributed by atoms with Gasteiger partial charge in [-0.2, -0.15) is 4.98 Å². The minimum absolute atomic E-state index is 0.0197. The molecule has 0 saturated carbocycles. The maximum absolute atomic E-state index is 12.7. The van der Waals surface area contributed by atoms with Gasteiger partial charge in [-0.3, -0.25) is 4.90 Å². The molecule has 0 aliphatic carbocycles. The summed E-state index contributed by atoms with van der Waals surface area (Å²) in [5.74, 6) is 0.843. The standard InChI is InChI=1S/C20H29BrN6O4S/c1-2-15(14-28)24-19-18(21)13-22-20(26-19)25-16-4-3-5-17(12-16)32(29,30)23-6-7-27-8-10-31-11-9-27/h3-5,12-13,15,23,28H,2,6-11,14H2,1H3,(H2,22,24,25,26)/t15-/m1/s1. The van der Waals surface area contributed by atoms with Gasteiger partial charge in [0.2, 0.25) is 16.0 Å². The Kier molecular flexibility index (Phi) is 9.20. The number of aromatic nitrogens is 2. The molecular weight excluding hydrogens is 500 g/mol. The summed E-state index contributed by atoms with van der Waals surface area (Å²) in [7, 11) is -3.65. The van der Waals surface area contributed by atoms with E-state index in [0.29, 0.717) is 48.2 Å². The zero-order chi connectivity index (χ0) is 23.0. The SMILES string of the molecule is CC[C@H](CO)Nc1nc(Nc2cccc(S(=O)(=O)NCCN3CCOCC3)c2)ncc1Br. The highest BCUT2D eigenvalue weighted by Gasteiger charge is 2.17. The molecule has 3 rings (SSSR count). The Hall–Kier alpha value is -1.83. The van der Waals surface area contributed by atoms with E-state index in [1.54, 1.807) is 24.4 Å². The van der Waals surface area contributed by atoms with Crippen molar-refractivity contribution in [1.82, 2.24) is 19.6 Å².